The number of benzene rings is 1. The molecule has 1 unspecified atom stereocenters. The third-order valence-electron chi connectivity index (χ3n) is 3.63. The standard InChI is InChI=1S/C13H14Br4N4/c14-7-8(15)10(17)12-11(9(7)16)20-13(21-12)19-6-2-1-4-18-5-3-6/h6,18H,1-5H2,(H2,19,20,21). The largest absolute Gasteiger partial charge is 0.353 e. The summed E-state index contributed by atoms with van der Waals surface area (Å²) in [5.41, 5.74) is 1.89. The van der Waals surface area contributed by atoms with Gasteiger partial charge in [0.2, 0.25) is 5.95 Å². The van der Waals surface area contributed by atoms with Gasteiger partial charge in [-0.15, -0.1) is 0 Å². The van der Waals surface area contributed by atoms with E-state index in [1.165, 1.54) is 12.8 Å². The first-order valence-corrected chi connectivity index (χ1v) is 9.94. The van der Waals surface area contributed by atoms with Gasteiger partial charge in [-0.25, -0.2) is 4.98 Å². The molecule has 2 heterocycles. The summed E-state index contributed by atoms with van der Waals surface area (Å²) in [6.07, 6.45) is 3.48. The van der Waals surface area contributed by atoms with E-state index in [0.29, 0.717) is 6.04 Å². The van der Waals surface area contributed by atoms with E-state index in [4.69, 9.17) is 0 Å². The van der Waals surface area contributed by atoms with Crippen molar-refractivity contribution >= 4 is 80.7 Å². The average molecular weight is 546 g/mol. The maximum Gasteiger partial charge on any atom is 0.201 e. The Morgan fingerprint density at radius 2 is 1.71 bits per heavy atom. The molecule has 21 heavy (non-hydrogen) atoms. The summed E-state index contributed by atoms with van der Waals surface area (Å²) < 4.78 is 3.84. The Morgan fingerprint density at radius 3 is 2.52 bits per heavy atom. The molecule has 0 aliphatic carbocycles. The van der Waals surface area contributed by atoms with E-state index < -0.39 is 0 Å². The molecule has 1 aromatic heterocycles. The lowest BCUT2D eigenvalue weighted by atomic mass is 10.1. The number of aromatic amines is 1. The van der Waals surface area contributed by atoms with Crippen LogP contribution in [0.4, 0.5) is 5.95 Å². The molecule has 0 radical (unpaired) electrons. The lowest BCUT2D eigenvalue weighted by Crippen LogP contribution is -2.22. The molecular formula is C13H14Br4N4. The number of imidazole rings is 1. The molecule has 0 bridgehead atoms. The number of hydrogen-bond acceptors (Lipinski definition) is 3. The molecule has 1 aliphatic heterocycles. The first kappa shape index (κ1) is 16.2. The Hall–Kier alpha value is 0.370. The van der Waals surface area contributed by atoms with E-state index in [2.05, 4.69) is 84.3 Å². The van der Waals surface area contributed by atoms with Gasteiger partial charge in [-0.2, -0.15) is 0 Å². The number of nitrogens with zero attached hydrogens (tertiary/aromatic N) is 1. The molecule has 0 spiro atoms. The molecule has 3 rings (SSSR count). The van der Waals surface area contributed by atoms with E-state index in [9.17, 15) is 0 Å². The topological polar surface area (TPSA) is 52.7 Å². The van der Waals surface area contributed by atoms with Crippen molar-refractivity contribution < 1.29 is 0 Å². The molecule has 1 saturated heterocycles. The van der Waals surface area contributed by atoms with Gasteiger partial charge in [0, 0.05) is 15.0 Å². The van der Waals surface area contributed by atoms with E-state index in [0.717, 1.165) is 54.4 Å². The molecule has 1 fully saturated rings. The normalized spacial score (nSPS) is 19.7. The molecule has 1 aromatic carbocycles. The fraction of sp³-hybridized carbons (Fsp3) is 0.462. The number of fused-ring (bicyclic) bond motifs is 1. The van der Waals surface area contributed by atoms with Crippen LogP contribution in [0.1, 0.15) is 19.3 Å². The van der Waals surface area contributed by atoms with Crippen LogP contribution in [0.25, 0.3) is 11.0 Å². The van der Waals surface area contributed by atoms with Gasteiger partial charge in [-0.1, -0.05) is 0 Å². The number of halogens is 4. The highest BCUT2D eigenvalue weighted by Gasteiger charge is 2.19. The number of anilines is 1. The molecule has 3 N–H and O–H groups in total. The van der Waals surface area contributed by atoms with Crippen LogP contribution in [0.3, 0.4) is 0 Å². The molecule has 4 nitrogen and oxygen atoms in total. The van der Waals surface area contributed by atoms with E-state index in [1.807, 2.05) is 0 Å². The Bertz CT molecular complexity index is 617. The van der Waals surface area contributed by atoms with Crippen LogP contribution < -0.4 is 10.6 Å². The van der Waals surface area contributed by atoms with Gasteiger partial charge < -0.3 is 15.6 Å². The van der Waals surface area contributed by atoms with Crippen LogP contribution >= 0.6 is 63.7 Å². The molecule has 114 valence electrons. The van der Waals surface area contributed by atoms with Gasteiger partial charge in [-0.05, 0) is 96.1 Å². The minimum Gasteiger partial charge on any atom is -0.353 e. The van der Waals surface area contributed by atoms with Crippen molar-refractivity contribution in [3.63, 3.8) is 0 Å². The molecule has 0 saturated carbocycles. The second-order valence-electron chi connectivity index (χ2n) is 5.09. The predicted molar refractivity (Wildman–Crippen MR) is 101 cm³/mol. The molecule has 8 heteroatoms. The number of H-pyrrole nitrogens is 1. The Balaban J connectivity index is 1.94. The summed E-state index contributed by atoms with van der Waals surface area (Å²) >= 11 is 14.3. The van der Waals surface area contributed by atoms with Gasteiger partial charge in [0.05, 0.1) is 14.5 Å². The quantitative estimate of drug-likeness (QED) is 0.361. The van der Waals surface area contributed by atoms with Gasteiger partial charge in [-0.3, -0.25) is 0 Å². The van der Waals surface area contributed by atoms with Crippen molar-refractivity contribution in [1.29, 1.82) is 0 Å². The summed E-state index contributed by atoms with van der Waals surface area (Å²) in [5.74, 6) is 0.823. The van der Waals surface area contributed by atoms with Crippen molar-refractivity contribution in [2.24, 2.45) is 0 Å². The predicted octanol–water partition coefficient (Wildman–Crippen LogP) is 5.17. The van der Waals surface area contributed by atoms with Crippen molar-refractivity contribution in [1.82, 2.24) is 15.3 Å². The average Bonchev–Trinajstić information content (AvgIpc) is 2.72. The number of hydrogen-bond donors (Lipinski definition) is 3. The van der Waals surface area contributed by atoms with Crippen LogP contribution in [0.15, 0.2) is 17.9 Å². The Labute approximate surface area is 156 Å². The highest BCUT2D eigenvalue weighted by atomic mass is 79.9. The van der Waals surface area contributed by atoms with Crippen LogP contribution in [-0.4, -0.2) is 29.1 Å². The van der Waals surface area contributed by atoms with Crippen molar-refractivity contribution in [3.05, 3.63) is 17.9 Å². The minimum absolute atomic E-state index is 0.463. The maximum atomic E-state index is 4.68. The van der Waals surface area contributed by atoms with E-state index >= 15 is 0 Å². The molecule has 0 amide bonds. The third kappa shape index (κ3) is 3.34. The summed E-state index contributed by atoms with van der Waals surface area (Å²) in [5, 5.41) is 6.95. The molecule has 1 atom stereocenters. The molecule has 2 aromatic rings. The second kappa shape index (κ2) is 6.86. The van der Waals surface area contributed by atoms with Crippen LogP contribution in [0.2, 0.25) is 0 Å². The Morgan fingerprint density at radius 1 is 0.952 bits per heavy atom. The SMILES string of the molecule is Brc1c(Br)c(Br)c2[nH]c(NC3CCCNCC3)nc2c1Br. The highest BCUT2D eigenvalue weighted by Crippen LogP contribution is 2.42. The fourth-order valence-electron chi connectivity index (χ4n) is 2.52. The highest BCUT2D eigenvalue weighted by molar-refractivity contribution is 9.15. The molecular weight excluding hydrogens is 532 g/mol. The van der Waals surface area contributed by atoms with Crippen LogP contribution in [-0.2, 0) is 0 Å². The van der Waals surface area contributed by atoms with Crippen molar-refractivity contribution in [3.8, 4) is 0 Å². The van der Waals surface area contributed by atoms with Crippen molar-refractivity contribution in [2.45, 2.75) is 25.3 Å². The van der Waals surface area contributed by atoms with Gasteiger partial charge >= 0.3 is 0 Å². The van der Waals surface area contributed by atoms with Gasteiger partial charge in [0.25, 0.3) is 0 Å². The van der Waals surface area contributed by atoms with E-state index in [1.54, 1.807) is 0 Å². The first-order chi connectivity index (χ1) is 10.1. The Kier molecular flexibility index (Phi) is 5.31. The summed E-state index contributed by atoms with van der Waals surface area (Å²) in [7, 11) is 0. The van der Waals surface area contributed by atoms with Crippen LogP contribution in [0.5, 0.6) is 0 Å². The fourth-order valence-corrected chi connectivity index (χ4v) is 4.81. The smallest absolute Gasteiger partial charge is 0.201 e. The lowest BCUT2D eigenvalue weighted by molar-refractivity contribution is 0.633. The number of aromatic nitrogens is 2. The zero-order valence-corrected chi connectivity index (χ0v) is 17.4. The zero-order valence-electron chi connectivity index (χ0n) is 11.1. The number of nitrogens with one attached hydrogen (secondary N) is 3. The molecule has 1 aliphatic rings. The maximum absolute atomic E-state index is 4.68. The van der Waals surface area contributed by atoms with Gasteiger partial charge in [0.1, 0.15) is 5.52 Å². The zero-order chi connectivity index (χ0) is 15.0. The first-order valence-electron chi connectivity index (χ1n) is 6.77. The second-order valence-corrected chi connectivity index (χ2v) is 8.26. The minimum atomic E-state index is 0.463. The summed E-state index contributed by atoms with van der Waals surface area (Å²) in [4.78, 5) is 8.06. The van der Waals surface area contributed by atoms with Crippen molar-refractivity contribution in [2.75, 3.05) is 18.4 Å². The van der Waals surface area contributed by atoms with Crippen LogP contribution in [0, 0.1) is 0 Å². The monoisotopic (exact) mass is 542 g/mol. The third-order valence-corrected chi connectivity index (χ3v) is 8.37. The van der Waals surface area contributed by atoms with E-state index in [-0.39, 0.29) is 0 Å². The van der Waals surface area contributed by atoms with Gasteiger partial charge in [0.15, 0.2) is 0 Å². The number of rotatable bonds is 2. The summed E-state index contributed by atoms with van der Waals surface area (Å²) in [6.45, 7) is 2.16. The summed E-state index contributed by atoms with van der Waals surface area (Å²) in [6, 6.07) is 0.463. The lowest BCUT2D eigenvalue weighted by Gasteiger charge is -2.14.